The van der Waals surface area contributed by atoms with Crippen molar-refractivity contribution in [1.82, 2.24) is 4.98 Å². The van der Waals surface area contributed by atoms with Crippen molar-refractivity contribution >= 4 is 34.1 Å². The van der Waals surface area contributed by atoms with E-state index in [2.05, 4.69) is 5.32 Å². The minimum atomic E-state index is -0.230. The quantitative estimate of drug-likeness (QED) is 0.366. The lowest BCUT2D eigenvalue weighted by atomic mass is 10.1. The summed E-state index contributed by atoms with van der Waals surface area (Å²) >= 11 is 6.18. The van der Waals surface area contributed by atoms with Crippen molar-refractivity contribution in [2.45, 2.75) is 13.8 Å². The third kappa shape index (κ3) is 4.53. The molecule has 32 heavy (non-hydrogen) atoms. The average Bonchev–Trinajstić information content (AvgIpc) is 2.81. The Labute approximate surface area is 192 Å². The molecule has 0 saturated carbocycles. The van der Waals surface area contributed by atoms with Crippen LogP contribution in [0.1, 0.15) is 22.8 Å². The first-order chi connectivity index (χ1) is 15.5. The third-order valence-electron chi connectivity index (χ3n) is 5.13. The Morgan fingerprint density at radius 1 is 1.06 bits per heavy atom. The van der Waals surface area contributed by atoms with Crippen LogP contribution in [-0.2, 0) is 0 Å². The van der Waals surface area contributed by atoms with Gasteiger partial charge in [0.15, 0.2) is 0 Å². The number of methoxy groups -OCH3 is 1. The van der Waals surface area contributed by atoms with E-state index < -0.39 is 0 Å². The van der Waals surface area contributed by atoms with Crippen LogP contribution < -0.4 is 14.8 Å². The molecule has 0 fully saturated rings. The van der Waals surface area contributed by atoms with Gasteiger partial charge < -0.3 is 14.8 Å². The molecule has 0 unspecified atom stereocenters. The summed E-state index contributed by atoms with van der Waals surface area (Å²) < 4.78 is 11.2. The van der Waals surface area contributed by atoms with Crippen molar-refractivity contribution in [1.29, 1.82) is 0 Å². The number of anilines is 1. The minimum absolute atomic E-state index is 0.230. The summed E-state index contributed by atoms with van der Waals surface area (Å²) in [6.07, 6.45) is 0. The molecule has 0 aliphatic carbocycles. The highest BCUT2D eigenvalue weighted by molar-refractivity contribution is 6.31. The van der Waals surface area contributed by atoms with Gasteiger partial charge in [-0.15, -0.1) is 0 Å². The standard InChI is InChI=1S/C26H23ClN2O3/c1-4-32-25-15-24(17-6-5-7-20(12-17)31-3)29-23-11-9-18(13-21(23)25)26(30)28-19-10-8-16(2)22(27)14-19/h5-15H,4H2,1-3H3,(H,28,30). The Morgan fingerprint density at radius 2 is 1.91 bits per heavy atom. The molecule has 0 radical (unpaired) electrons. The number of carbonyl (C=O) groups is 1. The molecule has 3 aromatic carbocycles. The number of carbonyl (C=O) groups excluding carboxylic acids is 1. The van der Waals surface area contributed by atoms with Gasteiger partial charge in [-0.1, -0.05) is 29.8 Å². The van der Waals surface area contributed by atoms with Gasteiger partial charge in [0.1, 0.15) is 11.5 Å². The SMILES string of the molecule is CCOc1cc(-c2cccc(OC)c2)nc2ccc(C(=O)Nc3ccc(C)c(Cl)c3)cc12. The van der Waals surface area contributed by atoms with Crippen LogP contribution in [0.4, 0.5) is 5.69 Å². The molecule has 0 spiro atoms. The molecule has 0 aliphatic rings. The smallest absolute Gasteiger partial charge is 0.255 e. The van der Waals surface area contributed by atoms with Gasteiger partial charge in [0.2, 0.25) is 0 Å². The number of fused-ring (bicyclic) bond motifs is 1. The number of hydrogen-bond acceptors (Lipinski definition) is 4. The molecule has 0 atom stereocenters. The molecule has 162 valence electrons. The maximum Gasteiger partial charge on any atom is 0.255 e. The van der Waals surface area contributed by atoms with Gasteiger partial charge >= 0.3 is 0 Å². The molecular weight excluding hydrogens is 424 g/mol. The molecule has 0 bridgehead atoms. The van der Waals surface area contributed by atoms with E-state index in [1.807, 2.05) is 62.4 Å². The van der Waals surface area contributed by atoms with Gasteiger partial charge in [0, 0.05) is 33.3 Å². The Bertz CT molecular complexity index is 1300. The molecule has 1 amide bonds. The van der Waals surface area contributed by atoms with Gasteiger partial charge in [0.05, 0.1) is 24.9 Å². The van der Waals surface area contributed by atoms with E-state index in [1.54, 1.807) is 25.3 Å². The zero-order chi connectivity index (χ0) is 22.7. The molecule has 6 heteroatoms. The number of halogens is 1. The minimum Gasteiger partial charge on any atom is -0.497 e. The second-order valence-corrected chi connectivity index (χ2v) is 7.73. The summed E-state index contributed by atoms with van der Waals surface area (Å²) in [6, 6.07) is 20.4. The van der Waals surface area contributed by atoms with Crippen LogP contribution in [0.3, 0.4) is 0 Å². The van der Waals surface area contributed by atoms with E-state index in [1.165, 1.54) is 0 Å². The summed E-state index contributed by atoms with van der Waals surface area (Å²) in [4.78, 5) is 17.6. The van der Waals surface area contributed by atoms with E-state index in [0.29, 0.717) is 28.6 Å². The van der Waals surface area contributed by atoms with Gasteiger partial charge in [-0.2, -0.15) is 0 Å². The van der Waals surface area contributed by atoms with E-state index in [9.17, 15) is 4.79 Å². The van der Waals surface area contributed by atoms with Crippen molar-refractivity contribution in [2.24, 2.45) is 0 Å². The number of pyridine rings is 1. The van der Waals surface area contributed by atoms with Crippen LogP contribution in [0.2, 0.25) is 5.02 Å². The first-order valence-electron chi connectivity index (χ1n) is 10.3. The van der Waals surface area contributed by atoms with Crippen LogP contribution in [-0.4, -0.2) is 24.6 Å². The first kappa shape index (κ1) is 21.7. The molecule has 0 aliphatic heterocycles. The first-order valence-corrected chi connectivity index (χ1v) is 10.7. The summed E-state index contributed by atoms with van der Waals surface area (Å²) in [6.45, 7) is 4.34. The molecule has 1 heterocycles. The molecule has 5 nitrogen and oxygen atoms in total. The fourth-order valence-electron chi connectivity index (χ4n) is 3.42. The Morgan fingerprint density at radius 3 is 2.66 bits per heavy atom. The second kappa shape index (κ2) is 9.28. The lowest BCUT2D eigenvalue weighted by molar-refractivity contribution is 0.102. The van der Waals surface area contributed by atoms with E-state index in [4.69, 9.17) is 26.1 Å². The maximum atomic E-state index is 12.9. The molecule has 4 aromatic rings. The van der Waals surface area contributed by atoms with Crippen LogP contribution in [0, 0.1) is 6.92 Å². The summed E-state index contributed by atoms with van der Waals surface area (Å²) in [5, 5.41) is 4.27. The number of benzene rings is 3. The molecule has 1 aromatic heterocycles. The van der Waals surface area contributed by atoms with Crippen molar-refractivity contribution in [3.05, 3.63) is 82.9 Å². The van der Waals surface area contributed by atoms with Gasteiger partial charge in [-0.05, 0) is 61.9 Å². The van der Waals surface area contributed by atoms with Crippen molar-refractivity contribution in [2.75, 3.05) is 19.0 Å². The Kier molecular flexibility index (Phi) is 6.28. The summed E-state index contributed by atoms with van der Waals surface area (Å²) in [5.41, 5.74) is 4.53. The number of nitrogens with one attached hydrogen (secondary N) is 1. The largest absolute Gasteiger partial charge is 0.497 e. The monoisotopic (exact) mass is 446 g/mol. The second-order valence-electron chi connectivity index (χ2n) is 7.32. The van der Waals surface area contributed by atoms with Crippen molar-refractivity contribution in [3.8, 4) is 22.8 Å². The molecule has 4 rings (SSSR count). The predicted octanol–water partition coefficient (Wildman–Crippen LogP) is 6.52. The molecule has 1 N–H and O–H groups in total. The van der Waals surface area contributed by atoms with Crippen LogP contribution in [0.25, 0.3) is 22.2 Å². The van der Waals surface area contributed by atoms with Gasteiger partial charge in [-0.3, -0.25) is 4.79 Å². The number of rotatable bonds is 6. The lowest BCUT2D eigenvalue weighted by Gasteiger charge is -2.12. The Balaban J connectivity index is 1.71. The fourth-order valence-corrected chi connectivity index (χ4v) is 3.60. The highest BCUT2D eigenvalue weighted by Crippen LogP contribution is 2.32. The number of ether oxygens (including phenoxy) is 2. The van der Waals surface area contributed by atoms with E-state index in [-0.39, 0.29) is 5.91 Å². The van der Waals surface area contributed by atoms with E-state index >= 15 is 0 Å². The topological polar surface area (TPSA) is 60.5 Å². The summed E-state index contributed by atoms with van der Waals surface area (Å²) in [7, 11) is 1.63. The van der Waals surface area contributed by atoms with Crippen LogP contribution >= 0.6 is 11.6 Å². The predicted molar refractivity (Wildman–Crippen MR) is 129 cm³/mol. The number of aromatic nitrogens is 1. The zero-order valence-corrected chi connectivity index (χ0v) is 18.9. The number of nitrogens with zero attached hydrogens (tertiary/aromatic N) is 1. The number of amides is 1. The average molecular weight is 447 g/mol. The highest BCUT2D eigenvalue weighted by Gasteiger charge is 2.13. The zero-order valence-electron chi connectivity index (χ0n) is 18.1. The van der Waals surface area contributed by atoms with Crippen LogP contribution in [0.5, 0.6) is 11.5 Å². The normalized spacial score (nSPS) is 10.8. The molecular formula is C26H23ClN2O3. The number of hydrogen-bond donors (Lipinski definition) is 1. The molecule has 0 saturated heterocycles. The van der Waals surface area contributed by atoms with Crippen molar-refractivity contribution < 1.29 is 14.3 Å². The number of aryl methyl sites for hydroxylation is 1. The van der Waals surface area contributed by atoms with Crippen LogP contribution in [0.15, 0.2) is 66.7 Å². The highest BCUT2D eigenvalue weighted by atomic mass is 35.5. The summed E-state index contributed by atoms with van der Waals surface area (Å²) in [5.74, 6) is 1.19. The van der Waals surface area contributed by atoms with E-state index in [0.717, 1.165) is 33.5 Å². The third-order valence-corrected chi connectivity index (χ3v) is 5.54. The Hall–Kier alpha value is -3.57. The maximum absolute atomic E-state index is 12.9. The van der Waals surface area contributed by atoms with Gasteiger partial charge in [-0.25, -0.2) is 4.98 Å². The lowest BCUT2D eigenvalue weighted by Crippen LogP contribution is -2.12. The van der Waals surface area contributed by atoms with Crippen molar-refractivity contribution in [3.63, 3.8) is 0 Å². The van der Waals surface area contributed by atoms with Gasteiger partial charge in [0.25, 0.3) is 5.91 Å². The fraction of sp³-hybridized carbons (Fsp3) is 0.154.